The Morgan fingerprint density at radius 3 is 3.00 bits per heavy atom. The summed E-state index contributed by atoms with van der Waals surface area (Å²) in [4.78, 5) is 3.33. The van der Waals surface area contributed by atoms with Gasteiger partial charge in [0.25, 0.3) is 0 Å². The summed E-state index contributed by atoms with van der Waals surface area (Å²) in [6, 6.07) is 6.11. The fraction of sp³-hybridized carbons (Fsp3) is 0.333. The number of nitrogens with one attached hydrogen (secondary N) is 2. The lowest BCUT2D eigenvalue weighted by Gasteiger charge is -2.19. The maximum absolute atomic E-state index is 5.48. The molecular formula is C15H18N2O. The molecule has 3 rings (SSSR count). The second-order valence-electron chi connectivity index (χ2n) is 4.89. The highest BCUT2D eigenvalue weighted by atomic mass is 16.5. The molecule has 1 atom stereocenters. The summed E-state index contributed by atoms with van der Waals surface area (Å²) in [6.45, 7) is 4.22. The van der Waals surface area contributed by atoms with Gasteiger partial charge in [-0.2, -0.15) is 0 Å². The van der Waals surface area contributed by atoms with Crippen LogP contribution in [-0.4, -0.2) is 25.2 Å². The van der Waals surface area contributed by atoms with Gasteiger partial charge in [-0.25, -0.2) is 0 Å². The lowest BCUT2D eigenvalue weighted by molar-refractivity contribution is 0.420. The number of hydrogen-bond acceptors (Lipinski definition) is 2. The molecule has 94 valence electrons. The molecule has 2 aromatic rings. The van der Waals surface area contributed by atoms with Crippen LogP contribution in [0.15, 0.2) is 30.5 Å². The summed E-state index contributed by atoms with van der Waals surface area (Å²) < 4.78 is 5.48. The van der Waals surface area contributed by atoms with Gasteiger partial charge >= 0.3 is 0 Å². The summed E-state index contributed by atoms with van der Waals surface area (Å²) in [5.41, 5.74) is 3.73. The highest BCUT2D eigenvalue weighted by Gasteiger charge is 2.16. The number of aromatic amines is 1. The van der Waals surface area contributed by atoms with Gasteiger partial charge < -0.3 is 15.0 Å². The molecule has 0 unspecified atom stereocenters. The van der Waals surface area contributed by atoms with E-state index in [1.165, 1.54) is 16.5 Å². The SMILES string of the molecule is COc1cccc2[nH]cc(C3=C[C@H](C)CNC3)c12. The molecule has 0 fully saturated rings. The summed E-state index contributed by atoms with van der Waals surface area (Å²) in [5, 5.41) is 4.63. The van der Waals surface area contributed by atoms with E-state index < -0.39 is 0 Å². The number of ether oxygens (including phenoxy) is 1. The second-order valence-corrected chi connectivity index (χ2v) is 4.89. The molecule has 0 aliphatic carbocycles. The summed E-state index contributed by atoms with van der Waals surface area (Å²) in [5.74, 6) is 1.51. The third-order valence-electron chi connectivity index (χ3n) is 3.50. The largest absolute Gasteiger partial charge is 0.496 e. The van der Waals surface area contributed by atoms with E-state index in [2.05, 4.69) is 35.6 Å². The molecule has 0 saturated heterocycles. The van der Waals surface area contributed by atoms with Crippen molar-refractivity contribution in [1.29, 1.82) is 0 Å². The number of H-pyrrole nitrogens is 1. The smallest absolute Gasteiger partial charge is 0.128 e. The minimum atomic E-state index is 0.577. The van der Waals surface area contributed by atoms with Crippen LogP contribution in [0.2, 0.25) is 0 Å². The monoisotopic (exact) mass is 242 g/mol. The summed E-state index contributed by atoms with van der Waals surface area (Å²) in [6.07, 6.45) is 4.43. The van der Waals surface area contributed by atoms with Gasteiger partial charge in [0.1, 0.15) is 5.75 Å². The summed E-state index contributed by atoms with van der Waals surface area (Å²) in [7, 11) is 1.72. The first-order valence-electron chi connectivity index (χ1n) is 6.35. The van der Waals surface area contributed by atoms with Gasteiger partial charge in [-0.05, 0) is 23.6 Å². The lowest BCUT2D eigenvalue weighted by atomic mass is 9.97. The van der Waals surface area contributed by atoms with Crippen LogP contribution in [0.4, 0.5) is 0 Å². The molecule has 18 heavy (non-hydrogen) atoms. The highest BCUT2D eigenvalue weighted by Crippen LogP contribution is 2.33. The molecule has 0 saturated carbocycles. The molecule has 1 aromatic heterocycles. The fourth-order valence-electron chi connectivity index (χ4n) is 2.66. The number of fused-ring (bicyclic) bond motifs is 1. The zero-order chi connectivity index (χ0) is 12.5. The van der Waals surface area contributed by atoms with E-state index >= 15 is 0 Å². The maximum Gasteiger partial charge on any atom is 0.128 e. The van der Waals surface area contributed by atoms with Crippen LogP contribution < -0.4 is 10.1 Å². The third kappa shape index (κ3) is 1.81. The highest BCUT2D eigenvalue weighted by molar-refractivity contribution is 5.97. The average molecular weight is 242 g/mol. The van der Waals surface area contributed by atoms with E-state index in [-0.39, 0.29) is 0 Å². The van der Waals surface area contributed by atoms with Gasteiger partial charge in [0, 0.05) is 35.8 Å². The van der Waals surface area contributed by atoms with Crippen molar-refractivity contribution in [2.75, 3.05) is 20.2 Å². The number of rotatable bonds is 2. The maximum atomic E-state index is 5.48. The average Bonchev–Trinajstić information content (AvgIpc) is 2.82. The molecule has 0 bridgehead atoms. The van der Waals surface area contributed by atoms with Gasteiger partial charge in [-0.3, -0.25) is 0 Å². The minimum Gasteiger partial charge on any atom is -0.496 e. The van der Waals surface area contributed by atoms with Gasteiger partial charge in [0.15, 0.2) is 0 Å². The van der Waals surface area contributed by atoms with Crippen LogP contribution in [0.1, 0.15) is 12.5 Å². The van der Waals surface area contributed by atoms with Crippen molar-refractivity contribution in [2.24, 2.45) is 5.92 Å². The Kier molecular flexibility index (Phi) is 2.84. The van der Waals surface area contributed by atoms with Crippen LogP contribution >= 0.6 is 0 Å². The predicted octanol–water partition coefficient (Wildman–Crippen LogP) is 2.80. The standard InChI is InChI=1S/C15H18N2O/c1-10-6-11(8-16-7-10)12-9-17-13-4-3-5-14(18-2)15(12)13/h3-6,9-10,16-17H,7-8H2,1-2H3/t10-/m0/s1. The van der Waals surface area contributed by atoms with Crippen LogP contribution in [-0.2, 0) is 0 Å². The Morgan fingerprint density at radius 2 is 2.22 bits per heavy atom. The van der Waals surface area contributed by atoms with E-state index in [1.807, 2.05) is 12.1 Å². The zero-order valence-electron chi connectivity index (χ0n) is 10.8. The first-order chi connectivity index (χ1) is 8.79. The molecular weight excluding hydrogens is 224 g/mol. The van der Waals surface area contributed by atoms with Crippen LogP contribution in [0.25, 0.3) is 16.5 Å². The zero-order valence-corrected chi connectivity index (χ0v) is 10.8. The van der Waals surface area contributed by atoms with Crippen molar-refractivity contribution in [3.63, 3.8) is 0 Å². The molecule has 0 spiro atoms. The molecule has 1 aliphatic heterocycles. The van der Waals surface area contributed by atoms with E-state index in [1.54, 1.807) is 7.11 Å². The number of methoxy groups -OCH3 is 1. The third-order valence-corrected chi connectivity index (χ3v) is 3.50. The van der Waals surface area contributed by atoms with Crippen molar-refractivity contribution < 1.29 is 4.74 Å². The predicted molar refractivity (Wildman–Crippen MR) is 74.9 cm³/mol. The Morgan fingerprint density at radius 1 is 1.33 bits per heavy atom. The lowest BCUT2D eigenvalue weighted by Crippen LogP contribution is -2.26. The van der Waals surface area contributed by atoms with Crippen LogP contribution in [0.5, 0.6) is 5.75 Å². The number of benzene rings is 1. The van der Waals surface area contributed by atoms with E-state index in [9.17, 15) is 0 Å². The molecule has 0 amide bonds. The van der Waals surface area contributed by atoms with Crippen molar-refractivity contribution >= 4 is 16.5 Å². The first-order valence-corrected chi connectivity index (χ1v) is 6.35. The first kappa shape index (κ1) is 11.4. The number of aromatic nitrogens is 1. The molecule has 1 aromatic carbocycles. The van der Waals surface area contributed by atoms with Crippen molar-refractivity contribution in [3.05, 3.63) is 36.0 Å². The minimum absolute atomic E-state index is 0.577. The van der Waals surface area contributed by atoms with Crippen molar-refractivity contribution in [1.82, 2.24) is 10.3 Å². The Labute approximate surface area is 107 Å². The van der Waals surface area contributed by atoms with Crippen LogP contribution in [0.3, 0.4) is 0 Å². The fourth-order valence-corrected chi connectivity index (χ4v) is 2.66. The van der Waals surface area contributed by atoms with Crippen molar-refractivity contribution in [2.45, 2.75) is 6.92 Å². The molecule has 3 heteroatoms. The summed E-state index contributed by atoms with van der Waals surface area (Å²) >= 11 is 0. The molecule has 0 radical (unpaired) electrons. The Hall–Kier alpha value is -1.74. The quantitative estimate of drug-likeness (QED) is 0.849. The normalized spacial score (nSPS) is 19.9. The topological polar surface area (TPSA) is 37.0 Å². The second kappa shape index (κ2) is 4.50. The van der Waals surface area contributed by atoms with Gasteiger partial charge in [0.2, 0.25) is 0 Å². The molecule has 1 aliphatic rings. The van der Waals surface area contributed by atoms with Crippen LogP contribution in [0, 0.1) is 5.92 Å². The van der Waals surface area contributed by atoms with Gasteiger partial charge in [0.05, 0.1) is 7.11 Å². The molecule has 2 N–H and O–H groups in total. The Bertz CT molecular complexity index is 598. The van der Waals surface area contributed by atoms with Gasteiger partial charge in [-0.1, -0.05) is 19.1 Å². The molecule has 2 heterocycles. The Balaban J connectivity index is 2.17. The van der Waals surface area contributed by atoms with Gasteiger partial charge in [-0.15, -0.1) is 0 Å². The van der Waals surface area contributed by atoms with E-state index in [0.29, 0.717) is 5.92 Å². The number of hydrogen-bond donors (Lipinski definition) is 2. The van der Waals surface area contributed by atoms with E-state index in [4.69, 9.17) is 4.74 Å². The van der Waals surface area contributed by atoms with Crippen molar-refractivity contribution in [3.8, 4) is 5.75 Å². The van der Waals surface area contributed by atoms with E-state index in [0.717, 1.165) is 24.4 Å². The molecule has 3 nitrogen and oxygen atoms in total.